The van der Waals surface area contributed by atoms with Crippen molar-refractivity contribution in [2.45, 2.75) is 39.0 Å². The molecule has 0 fully saturated rings. The Balaban J connectivity index is 1.92. The summed E-state index contributed by atoms with van der Waals surface area (Å²) in [7, 11) is 0. The van der Waals surface area contributed by atoms with Gasteiger partial charge in [-0.1, -0.05) is 27.5 Å². The van der Waals surface area contributed by atoms with Crippen LogP contribution in [0.25, 0.3) is 10.9 Å². The number of benzene rings is 1. The minimum atomic E-state index is -1.03. The number of alkyl halides is 1. The van der Waals surface area contributed by atoms with Crippen LogP contribution >= 0.6 is 39.7 Å². The number of halogens is 3. The summed E-state index contributed by atoms with van der Waals surface area (Å²) in [4.78, 5) is 15.9. The molecule has 2 aromatic heterocycles. The summed E-state index contributed by atoms with van der Waals surface area (Å²) in [6.45, 7) is 4.04. The first kappa shape index (κ1) is 19.6. The molecule has 0 amide bonds. The largest absolute Gasteiger partial charge is 0.464 e. The van der Waals surface area contributed by atoms with E-state index >= 15 is 0 Å². The Morgan fingerprint density at radius 2 is 2.36 bits per heavy atom. The first-order chi connectivity index (χ1) is 13.3. The molecule has 148 valence electrons. The second kappa shape index (κ2) is 7.27. The highest BCUT2D eigenvalue weighted by atomic mass is 79.9. The number of aromatic amines is 1. The second-order valence-electron chi connectivity index (χ2n) is 6.69. The van der Waals surface area contributed by atoms with Crippen LogP contribution < -0.4 is 0 Å². The molecule has 1 N–H and O–H groups in total. The fourth-order valence-electron chi connectivity index (χ4n) is 3.60. The predicted octanol–water partition coefficient (Wildman–Crippen LogP) is 4.67. The maximum absolute atomic E-state index is 14.0. The Hall–Kier alpha value is -1.71. The van der Waals surface area contributed by atoms with Gasteiger partial charge in [-0.2, -0.15) is 5.10 Å². The lowest BCUT2D eigenvalue weighted by Crippen LogP contribution is -2.25. The van der Waals surface area contributed by atoms with E-state index in [1.807, 2.05) is 6.92 Å². The maximum atomic E-state index is 14.0. The van der Waals surface area contributed by atoms with Gasteiger partial charge in [0.1, 0.15) is 6.17 Å². The minimum Gasteiger partial charge on any atom is -0.464 e. The van der Waals surface area contributed by atoms with Crippen LogP contribution in [0.2, 0.25) is 5.02 Å². The van der Waals surface area contributed by atoms with Gasteiger partial charge in [0.2, 0.25) is 0 Å². The normalized spacial score (nSPS) is 17.1. The maximum Gasteiger partial charge on any atom is 0.337 e. The van der Waals surface area contributed by atoms with Gasteiger partial charge in [-0.15, -0.1) is 0 Å². The fraction of sp³-hybridized carbons (Fsp3) is 0.389. The molecule has 0 saturated carbocycles. The van der Waals surface area contributed by atoms with Crippen LogP contribution in [0.15, 0.2) is 16.7 Å². The molecule has 6 nitrogen and oxygen atoms in total. The van der Waals surface area contributed by atoms with E-state index in [2.05, 4.69) is 26.0 Å². The van der Waals surface area contributed by atoms with Crippen LogP contribution in [-0.4, -0.2) is 38.1 Å². The number of H-pyrrole nitrogens is 1. The number of fused-ring (bicyclic) bond motifs is 2. The fourth-order valence-corrected chi connectivity index (χ4v) is 4.69. The summed E-state index contributed by atoms with van der Waals surface area (Å²) in [5, 5.41) is 5.84. The summed E-state index contributed by atoms with van der Waals surface area (Å²) in [5.41, 5.74) is 2.74. The predicted molar refractivity (Wildman–Crippen MR) is 110 cm³/mol. The Morgan fingerprint density at radius 3 is 3.07 bits per heavy atom. The van der Waals surface area contributed by atoms with Crippen molar-refractivity contribution in [3.63, 3.8) is 0 Å². The van der Waals surface area contributed by atoms with Gasteiger partial charge in [-0.25, -0.2) is 9.18 Å². The van der Waals surface area contributed by atoms with Crippen molar-refractivity contribution in [1.82, 2.24) is 19.3 Å². The van der Waals surface area contributed by atoms with E-state index in [4.69, 9.17) is 28.6 Å². The highest BCUT2D eigenvalue weighted by Gasteiger charge is 2.35. The number of hydrogen-bond acceptors (Lipinski definition) is 4. The number of aromatic nitrogens is 4. The summed E-state index contributed by atoms with van der Waals surface area (Å²) in [5.74, 6) is -0.495. The SMILES string of the molecule is CCOC(=O)C(c1[nH]c(=S)n2c1CC(F)C2)n1cc2c(Cl)cc(Br)c(C)c2n1. The standard InChI is InChI=1S/C18H17BrClFN4O2S/c1-3-27-17(26)16(15-13-4-9(21)6-24(13)18(28)22-15)25-7-10-12(20)5-11(19)8(2)14(10)23-25/h5,7,9,16H,3-4,6H2,1-2H3,(H,22,28). The van der Waals surface area contributed by atoms with Crippen molar-refractivity contribution in [3.05, 3.63) is 43.5 Å². The van der Waals surface area contributed by atoms with Gasteiger partial charge in [-0.05, 0) is 37.7 Å². The Bertz CT molecular complexity index is 1150. The highest BCUT2D eigenvalue weighted by molar-refractivity contribution is 9.10. The number of rotatable bonds is 4. The molecule has 2 unspecified atom stereocenters. The van der Waals surface area contributed by atoms with Gasteiger partial charge in [0.05, 0.1) is 29.4 Å². The third-order valence-electron chi connectivity index (χ3n) is 4.92. The number of imidazole rings is 1. The first-order valence-electron chi connectivity index (χ1n) is 8.77. The Labute approximate surface area is 178 Å². The van der Waals surface area contributed by atoms with Gasteiger partial charge < -0.3 is 14.3 Å². The molecule has 28 heavy (non-hydrogen) atoms. The topological polar surface area (TPSA) is 64.8 Å². The van der Waals surface area contributed by atoms with Crippen molar-refractivity contribution in [2.75, 3.05) is 6.61 Å². The van der Waals surface area contributed by atoms with E-state index in [1.54, 1.807) is 23.8 Å². The lowest BCUT2D eigenvalue weighted by molar-refractivity contribution is -0.146. The zero-order valence-electron chi connectivity index (χ0n) is 15.1. The molecule has 1 aromatic carbocycles. The van der Waals surface area contributed by atoms with Crippen LogP contribution in [-0.2, 0) is 22.5 Å². The van der Waals surface area contributed by atoms with Crippen LogP contribution in [0.5, 0.6) is 0 Å². The lowest BCUT2D eigenvalue weighted by atomic mass is 10.1. The average Bonchev–Trinajstić information content (AvgIpc) is 3.30. The van der Waals surface area contributed by atoms with E-state index in [0.29, 0.717) is 26.7 Å². The van der Waals surface area contributed by atoms with E-state index in [1.165, 1.54) is 4.68 Å². The lowest BCUT2D eigenvalue weighted by Gasteiger charge is -2.16. The number of esters is 1. The van der Waals surface area contributed by atoms with Gasteiger partial charge >= 0.3 is 5.97 Å². The molecule has 3 aromatic rings. The highest BCUT2D eigenvalue weighted by Crippen LogP contribution is 2.34. The molecular weight excluding hydrogens is 471 g/mol. The number of carbonyl (C=O) groups is 1. The first-order valence-corrected chi connectivity index (χ1v) is 10.4. The van der Waals surface area contributed by atoms with Crippen molar-refractivity contribution in [2.24, 2.45) is 0 Å². The van der Waals surface area contributed by atoms with Crippen molar-refractivity contribution in [3.8, 4) is 0 Å². The Morgan fingerprint density at radius 1 is 1.61 bits per heavy atom. The molecule has 10 heteroatoms. The van der Waals surface area contributed by atoms with Crippen LogP contribution in [0, 0.1) is 11.7 Å². The third kappa shape index (κ3) is 3.09. The molecule has 0 bridgehead atoms. The van der Waals surface area contributed by atoms with Crippen LogP contribution in [0.1, 0.15) is 29.9 Å². The molecule has 3 heterocycles. The molecule has 1 aliphatic heterocycles. The van der Waals surface area contributed by atoms with Gasteiger partial charge in [0, 0.05) is 28.2 Å². The van der Waals surface area contributed by atoms with Gasteiger partial charge in [-0.3, -0.25) is 4.68 Å². The van der Waals surface area contributed by atoms with E-state index in [0.717, 1.165) is 15.4 Å². The van der Waals surface area contributed by atoms with Crippen LogP contribution in [0.3, 0.4) is 0 Å². The second-order valence-corrected chi connectivity index (χ2v) is 8.34. The number of nitrogens with one attached hydrogen (secondary N) is 1. The molecule has 0 spiro atoms. The van der Waals surface area contributed by atoms with Crippen molar-refractivity contribution < 1.29 is 13.9 Å². The number of hydrogen-bond donors (Lipinski definition) is 1. The average molecular weight is 488 g/mol. The van der Waals surface area contributed by atoms with Crippen molar-refractivity contribution >= 4 is 56.6 Å². The molecule has 0 saturated heterocycles. The minimum absolute atomic E-state index is 0.180. The van der Waals surface area contributed by atoms with Crippen LogP contribution in [0.4, 0.5) is 4.39 Å². The number of ether oxygens (including phenoxy) is 1. The molecule has 0 radical (unpaired) electrons. The molecule has 0 aliphatic carbocycles. The quantitative estimate of drug-likeness (QED) is 0.429. The number of nitrogens with zero attached hydrogens (tertiary/aromatic N) is 3. The summed E-state index contributed by atoms with van der Waals surface area (Å²) < 4.78 is 23.7. The Kier molecular flexibility index (Phi) is 5.09. The monoisotopic (exact) mass is 486 g/mol. The zero-order valence-corrected chi connectivity index (χ0v) is 18.3. The molecule has 1 aliphatic rings. The van der Waals surface area contributed by atoms with Gasteiger partial charge in [0.15, 0.2) is 10.8 Å². The third-order valence-corrected chi connectivity index (χ3v) is 6.38. The summed E-state index contributed by atoms with van der Waals surface area (Å²) >= 11 is 15.2. The summed E-state index contributed by atoms with van der Waals surface area (Å²) in [6, 6.07) is 0.881. The molecule has 2 atom stereocenters. The smallest absolute Gasteiger partial charge is 0.337 e. The number of aryl methyl sites for hydroxylation is 1. The number of carbonyl (C=O) groups excluding carboxylic acids is 1. The van der Waals surface area contributed by atoms with Gasteiger partial charge in [0.25, 0.3) is 0 Å². The molecule has 4 rings (SSSR count). The summed E-state index contributed by atoms with van der Waals surface area (Å²) in [6.07, 6.45) is 0.865. The molecular formula is C18H17BrClFN4O2S. The van der Waals surface area contributed by atoms with Crippen molar-refractivity contribution in [1.29, 1.82) is 0 Å². The van der Waals surface area contributed by atoms with E-state index in [-0.39, 0.29) is 19.6 Å². The van der Waals surface area contributed by atoms with E-state index < -0.39 is 18.2 Å². The van der Waals surface area contributed by atoms with E-state index in [9.17, 15) is 9.18 Å². The zero-order chi connectivity index (χ0) is 20.2.